The van der Waals surface area contributed by atoms with Crippen LogP contribution in [0, 0.1) is 5.82 Å². The summed E-state index contributed by atoms with van der Waals surface area (Å²) in [5.74, 6) is -3.39. The molecule has 0 aliphatic carbocycles. The number of benzene rings is 1. The van der Waals surface area contributed by atoms with Crippen molar-refractivity contribution in [2.75, 3.05) is 7.11 Å². The van der Waals surface area contributed by atoms with Crippen LogP contribution < -0.4 is 4.74 Å². The Morgan fingerprint density at radius 2 is 2.06 bits per heavy atom. The van der Waals surface area contributed by atoms with E-state index < -0.39 is 31.3 Å². The zero-order valence-electron chi connectivity index (χ0n) is 7.90. The minimum Gasteiger partial charge on any atom is -0.495 e. The number of methoxy groups -OCH3 is 1. The van der Waals surface area contributed by atoms with E-state index in [9.17, 15) is 17.6 Å². The standard InChI is InChI=1S/C8H6ClFO5S/c1-15-5-3-2-4(8(11)12)6(10)7(5)16(9,13)14/h2-3H,1H3,(H,11,12). The fourth-order valence-electron chi connectivity index (χ4n) is 1.09. The second-order valence-electron chi connectivity index (χ2n) is 2.70. The Hall–Kier alpha value is -1.34. The van der Waals surface area contributed by atoms with Crippen molar-refractivity contribution in [2.24, 2.45) is 0 Å². The summed E-state index contributed by atoms with van der Waals surface area (Å²) in [7, 11) is 1.67. The molecule has 0 amide bonds. The molecule has 16 heavy (non-hydrogen) atoms. The maximum atomic E-state index is 13.5. The van der Waals surface area contributed by atoms with Crippen molar-refractivity contribution < 1.29 is 27.4 Å². The van der Waals surface area contributed by atoms with E-state index in [2.05, 4.69) is 4.74 Å². The fourth-order valence-corrected chi connectivity index (χ4v) is 2.24. The first-order chi connectivity index (χ1) is 7.29. The molecule has 1 aromatic rings. The normalized spacial score (nSPS) is 11.2. The van der Waals surface area contributed by atoms with Crippen LogP contribution in [0.2, 0.25) is 0 Å². The van der Waals surface area contributed by atoms with Crippen molar-refractivity contribution in [1.29, 1.82) is 0 Å². The second-order valence-corrected chi connectivity index (χ2v) is 5.20. The number of carboxylic acids is 1. The van der Waals surface area contributed by atoms with Gasteiger partial charge in [0.2, 0.25) is 0 Å². The number of halogens is 2. The minimum atomic E-state index is -4.42. The Bertz CT molecular complexity index is 540. The first-order valence-electron chi connectivity index (χ1n) is 3.83. The molecule has 0 saturated heterocycles. The summed E-state index contributed by atoms with van der Waals surface area (Å²) >= 11 is 0. The maximum Gasteiger partial charge on any atom is 0.338 e. The molecule has 1 rings (SSSR count). The first kappa shape index (κ1) is 12.7. The lowest BCUT2D eigenvalue weighted by molar-refractivity contribution is 0.0691. The topological polar surface area (TPSA) is 80.7 Å². The molecule has 1 N–H and O–H groups in total. The summed E-state index contributed by atoms with van der Waals surface area (Å²) in [5, 5.41) is 8.60. The van der Waals surface area contributed by atoms with Gasteiger partial charge in [-0.05, 0) is 12.1 Å². The minimum absolute atomic E-state index is 0.350. The van der Waals surface area contributed by atoms with Gasteiger partial charge in [0, 0.05) is 10.7 Å². The summed E-state index contributed by atoms with van der Waals surface area (Å²) in [6.45, 7) is 0. The van der Waals surface area contributed by atoms with Crippen LogP contribution in [0.25, 0.3) is 0 Å². The SMILES string of the molecule is COc1ccc(C(=O)O)c(F)c1S(=O)(=O)Cl. The van der Waals surface area contributed by atoms with E-state index in [1.807, 2.05) is 0 Å². The number of hydrogen-bond acceptors (Lipinski definition) is 4. The molecule has 0 aromatic heterocycles. The zero-order chi connectivity index (χ0) is 12.5. The van der Waals surface area contributed by atoms with Gasteiger partial charge in [-0.15, -0.1) is 0 Å². The lowest BCUT2D eigenvalue weighted by atomic mass is 10.2. The third kappa shape index (κ3) is 2.25. The van der Waals surface area contributed by atoms with Crippen LogP contribution in [0.4, 0.5) is 4.39 Å². The van der Waals surface area contributed by atoms with Gasteiger partial charge >= 0.3 is 5.97 Å². The van der Waals surface area contributed by atoms with Gasteiger partial charge in [-0.3, -0.25) is 0 Å². The van der Waals surface area contributed by atoms with E-state index in [0.29, 0.717) is 0 Å². The molecule has 5 nitrogen and oxygen atoms in total. The van der Waals surface area contributed by atoms with Crippen molar-refractivity contribution in [2.45, 2.75) is 4.90 Å². The number of carbonyl (C=O) groups is 1. The maximum absolute atomic E-state index is 13.5. The second kappa shape index (κ2) is 4.26. The molecule has 0 bridgehead atoms. The quantitative estimate of drug-likeness (QED) is 0.840. The summed E-state index contributed by atoms with van der Waals surface area (Å²) in [4.78, 5) is 9.61. The van der Waals surface area contributed by atoms with Crippen LogP contribution in [-0.2, 0) is 9.05 Å². The van der Waals surface area contributed by atoms with Gasteiger partial charge in [-0.1, -0.05) is 0 Å². The average molecular weight is 269 g/mol. The number of rotatable bonds is 3. The van der Waals surface area contributed by atoms with Crippen molar-refractivity contribution in [1.82, 2.24) is 0 Å². The molecule has 8 heteroatoms. The molecule has 0 spiro atoms. The smallest absolute Gasteiger partial charge is 0.338 e. The van der Waals surface area contributed by atoms with Gasteiger partial charge in [-0.25, -0.2) is 17.6 Å². The molecule has 0 fully saturated rings. The van der Waals surface area contributed by atoms with E-state index in [1.165, 1.54) is 0 Å². The third-order valence-electron chi connectivity index (χ3n) is 1.76. The molecule has 0 aliphatic rings. The summed E-state index contributed by atoms with van der Waals surface area (Å²) in [6.07, 6.45) is 0. The summed E-state index contributed by atoms with van der Waals surface area (Å²) in [5.41, 5.74) is -0.792. The molecular weight excluding hydrogens is 263 g/mol. The van der Waals surface area contributed by atoms with Gasteiger partial charge in [-0.2, -0.15) is 0 Å². The van der Waals surface area contributed by atoms with Crippen LogP contribution in [0.5, 0.6) is 5.75 Å². The predicted octanol–water partition coefficient (Wildman–Crippen LogP) is 1.46. The highest BCUT2D eigenvalue weighted by atomic mass is 35.7. The Balaban J connectivity index is 3.67. The number of ether oxygens (including phenoxy) is 1. The lowest BCUT2D eigenvalue weighted by Gasteiger charge is -2.08. The summed E-state index contributed by atoms with van der Waals surface area (Å²) in [6, 6.07) is 1.91. The molecule has 0 radical (unpaired) electrons. The van der Waals surface area contributed by atoms with Crippen LogP contribution in [0.15, 0.2) is 17.0 Å². The number of hydrogen-bond donors (Lipinski definition) is 1. The Morgan fingerprint density at radius 1 is 1.50 bits per heavy atom. The number of carboxylic acid groups (broad SMARTS) is 1. The van der Waals surface area contributed by atoms with E-state index in [1.54, 1.807) is 0 Å². The molecule has 88 valence electrons. The lowest BCUT2D eigenvalue weighted by Crippen LogP contribution is -2.07. The van der Waals surface area contributed by atoms with Crippen LogP contribution in [0.3, 0.4) is 0 Å². The van der Waals surface area contributed by atoms with Crippen molar-refractivity contribution >= 4 is 25.7 Å². The van der Waals surface area contributed by atoms with E-state index in [0.717, 1.165) is 19.2 Å². The van der Waals surface area contributed by atoms with Crippen LogP contribution in [0.1, 0.15) is 10.4 Å². The van der Waals surface area contributed by atoms with Crippen molar-refractivity contribution in [3.8, 4) is 5.75 Å². The average Bonchev–Trinajstić information content (AvgIpc) is 2.14. The number of aromatic carboxylic acids is 1. The first-order valence-corrected chi connectivity index (χ1v) is 6.14. The fraction of sp³-hybridized carbons (Fsp3) is 0.125. The van der Waals surface area contributed by atoms with E-state index >= 15 is 0 Å². The molecule has 0 heterocycles. The highest BCUT2D eigenvalue weighted by Gasteiger charge is 2.26. The zero-order valence-corrected chi connectivity index (χ0v) is 9.47. The van der Waals surface area contributed by atoms with Gasteiger partial charge in [0.1, 0.15) is 5.75 Å². The Kier molecular flexibility index (Phi) is 3.39. The van der Waals surface area contributed by atoms with Crippen molar-refractivity contribution in [3.63, 3.8) is 0 Å². The van der Waals surface area contributed by atoms with Gasteiger partial charge < -0.3 is 9.84 Å². The molecule has 1 aromatic carbocycles. The predicted molar refractivity (Wildman–Crippen MR) is 53.0 cm³/mol. The Morgan fingerprint density at radius 3 is 2.44 bits per heavy atom. The molecule has 0 aliphatic heterocycles. The van der Waals surface area contributed by atoms with Gasteiger partial charge in [0.25, 0.3) is 9.05 Å². The largest absolute Gasteiger partial charge is 0.495 e. The molecule has 0 saturated carbocycles. The third-order valence-corrected chi connectivity index (χ3v) is 3.09. The monoisotopic (exact) mass is 268 g/mol. The van der Waals surface area contributed by atoms with Gasteiger partial charge in [0.15, 0.2) is 10.7 Å². The van der Waals surface area contributed by atoms with Gasteiger partial charge in [0.05, 0.1) is 12.7 Å². The molecular formula is C8H6ClFO5S. The summed E-state index contributed by atoms with van der Waals surface area (Å²) < 4.78 is 40.3. The Labute approximate surface area is 94.8 Å². The van der Waals surface area contributed by atoms with Crippen LogP contribution >= 0.6 is 10.7 Å². The molecule has 0 atom stereocenters. The highest BCUT2D eigenvalue weighted by molar-refractivity contribution is 8.13. The van der Waals surface area contributed by atoms with Crippen molar-refractivity contribution in [3.05, 3.63) is 23.5 Å². The highest BCUT2D eigenvalue weighted by Crippen LogP contribution is 2.31. The van der Waals surface area contributed by atoms with Crippen LogP contribution in [-0.4, -0.2) is 26.6 Å². The molecule has 0 unspecified atom stereocenters. The van der Waals surface area contributed by atoms with E-state index in [-0.39, 0.29) is 5.75 Å². The van der Waals surface area contributed by atoms with E-state index in [4.69, 9.17) is 15.8 Å².